The SMILES string of the molecule is CCCNc1nnc(COC)s1. The molecule has 0 aliphatic rings. The van der Waals surface area contributed by atoms with Crippen LogP contribution in [0.5, 0.6) is 0 Å². The Morgan fingerprint density at radius 2 is 2.33 bits per heavy atom. The molecule has 0 saturated carbocycles. The largest absolute Gasteiger partial charge is 0.377 e. The fraction of sp³-hybridized carbons (Fsp3) is 0.714. The summed E-state index contributed by atoms with van der Waals surface area (Å²) in [6.07, 6.45) is 1.10. The van der Waals surface area contributed by atoms with Crippen LogP contribution in [0.15, 0.2) is 0 Å². The average Bonchev–Trinajstić information content (AvgIpc) is 2.50. The molecule has 0 atom stereocenters. The zero-order chi connectivity index (χ0) is 8.81. The average molecular weight is 187 g/mol. The van der Waals surface area contributed by atoms with Gasteiger partial charge in [0, 0.05) is 13.7 Å². The highest BCUT2D eigenvalue weighted by atomic mass is 32.1. The van der Waals surface area contributed by atoms with E-state index < -0.39 is 0 Å². The van der Waals surface area contributed by atoms with Crippen molar-refractivity contribution in [1.82, 2.24) is 10.2 Å². The zero-order valence-corrected chi connectivity index (χ0v) is 8.15. The van der Waals surface area contributed by atoms with Crippen molar-refractivity contribution >= 4 is 16.5 Å². The summed E-state index contributed by atoms with van der Waals surface area (Å²) in [5.41, 5.74) is 0. The van der Waals surface area contributed by atoms with E-state index in [-0.39, 0.29) is 0 Å². The van der Waals surface area contributed by atoms with Gasteiger partial charge in [0.15, 0.2) is 0 Å². The van der Waals surface area contributed by atoms with Gasteiger partial charge in [0.1, 0.15) is 11.6 Å². The Morgan fingerprint density at radius 1 is 1.50 bits per heavy atom. The predicted octanol–water partition coefficient (Wildman–Crippen LogP) is 1.51. The molecule has 0 saturated heterocycles. The van der Waals surface area contributed by atoms with Gasteiger partial charge >= 0.3 is 0 Å². The Morgan fingerprint density at radius 3 is 3.00 bits per heavy atom. The van der Waals surface area contributed by atoms with E-state index in [9.17, 15) is 0 Å². The van der Waals surface area contributed by atoms with Gasteiger partial charge in [-0.25, -0.2) is 0 Å². The molecule has 5 heteroatoms. The lowest BCUT2D eigenvalue weighted by Crippen LogP contribution is -1.98. The highest BCUT2D eigenvalue weighted by Crippen LogP contribution is 2.15. The molecule has 1 aromatic rings. The Kier molecular flexibility index (Phi) is 3.96. The van der Waals surface area contributed by atoms with Gasteiger partial charge in [-0.05, 0) is 6.42 Å². The molecule has 0 fully saturated rings. The van der Waals surface area contributed by atoms with E-state index in [1.54, 1.807) is 7.11 Å². The van der Waals surface area contributed by atoms with Gasteiger partial charge in [0.2, 0.25) is 5.13 Å². The fourth-order valence-corrected chi connectivity index (χ4v) is 1.48. The van der Waals surface area contributed by atoms with E-state index in [0.29, 0.717) is 6.61 Å². The molecule has 0 bridgehead atoms. The van der Waals surface area contributed by atoms with Crippen LogP contribution in [0.3, 0.4) is 0 Å². The molecular weight excluding hydrogens is 174 g/mol. The lowest BCUT2D eigenvalue weighted by atomic mass is 10.5. The molecule has 0 aliphatic carbocycles. The normalized spacial score (nSPS) is 10.2. The maximum Gasteiger partial charge on any atom is 0.205 e. The van der Waals surface area contributed by atoms with Gasteiger partial charge < -0.3 is 10.1 Å². The van der Waals surface area contributed by atoms with Crippen molar-refractivity contribution in [3.63, 3.8) is 0 Å². The second-order valence-electron chi connectivity index (χ2n) is 2.36. The summed E-state index contributed by atoms with van der Waals surface area (Å²) in [7, 11) is 1.65. The summed E-state index contributed by atoms with van der Waals surface area (Å²) in [5, 5.41) is 12.8. The quantitative estimate of drug-likeness (QED) is 0.759. The molecule has 0 spiro atoms. The first-order valence-electron chi connectivity index (χ1n) is 3.92. The van der Waals surface area contributed by atoms with Crippen molar-refractivity contribution in [1.29, 1.82) is 0 Å². The van der Waals surface area contributed by atoms with Crippen LogP contribution < -0.4 is 5.32 Å². The first kappa shape index (κ1) is 9.41. The molecule has 1 N–H and O–H groups in total. The molecule has 0 amide bonds. The zero-order valence-electron chi connectivity index (χ0n) is 7.33. The molecule has 0 aliphatic heterocycles. The number of hydrogen-bond donors (Lipinski definition) is 1. The number of ether oxygens (including phenoxy) is 1. The van der Waals surface area contributed by atoms with Gasteiger partial charge in [-0.1, -0.05) is 18.3 Å². The molecule has 12 heavy (non-hydrogen) atoms. The third-order valence-corrected chi connectivity index (χ3v) is 2.12. The van der Waals surface area contributed by atoms with E-state index in [1.807, 2.05) is 0 Å². The van der Waals surface area contributed by atoms with Crippen LogP contribution in [-0.4, -0.2) is 23.9 Å². The second-order valence-corrected chi connectivity index (χ2v) is 3.42. The minimum Gasteiger partial charge on any atom is -0.377 e. The molecule has 68 valence electrons. The highest BCUT2D eigenvalue weighted by Gasteiger charge is 2.01. The van der Waals surface area contributed by atoms with Crippen molar-refractivity contribution in [2.45, 2.75) is 20.0 Å². The summed E-state index contributed by atoms with van der Waals surface area (Å²) < 4.78 is 4.93. The minimum absolute atomic E-state index is 0.547. The summed E-state index contributed by atoms with van der Waals surface area (Å²) in [4.78, 5) is 0. The predicted molar refractivity (Wildman–Crippen MR) is 49.4 cm³/mol. The molecule has 0 radical (unpaired) electrons. The smallest absolute Gasteiger partial charge is 0.205 e. The Balaban J connectivity index is 2.41. The standard InChI is InChI=1S/C7H13N3OS/c1-3-4-8-7-10-9-6(12-7)5-11-2/h3-5H2,1-2H3,(H,8,10). The lowest BCUT2D eigenvalue weighted by molar-refractivity contribution is 0.184. The molecule has 1 heterocycles. The van der Waals surface area contributed by atoms with Gasteiger partial charge in [0.25, 0.3) is 0 Å². The maximum atomic E-state index is 4.93. The summed E-state index contributed by atoms with van der Waals surface area (Å²) in [6, 6.07) is 0. The van der Waals surface area contributed by atoms with E-state index in [4.69, 9.17) is 4.74 Å². The summed E-state index contributed by atoms with van der Waals surface area (Å²) in [6.45, 7) is 3.61. The Bertz CT molecular complexity index is 226. The molecule has 0 aromatic carbocycles. The topological polar surface area (TPSA) is 47.0 Å². The van der Waals surface area contributed by atoms with E-state index in [0.717, 1.165) is 23.1 Å². The third-order valence-electron chi connectivity index (χ3n) is 1.26. The molecule has 0 unspecified atom stereocenters. The van der Waals surface area contributed by atoms with E-state index in [1.165, 1.54) is 11.3 Å². The van der Waals surface area contributed by atoms with Crippen LogP contribution in [-0.2, 0) is 11.3 Å². The van der Waals surface area contributed by atoms with Crippen LogP contribution in [0.1, 0.15) is 18.4 Å². The molecule has 4 nitrogen and oxygen atoms in total. The van der Waals surface area contributed by atoms with Gasteiger partial charge in [0.05, 0.1) is 0 Å². The van der Waals surface area contributed by atoms with Crippen molar-refractivity contribution < 1.29 is 4.74 Å². The van der Waals surface area contributed by atoms with Crippen LogP contribution in [0.25, 0.3) is 0 Å². The van der Waals surface area contributed by atoms with Gasteiger partial charge in [-0.3, -0.25) is 0 Å². The monoisotopic (exact) mass is 187 g/mol. The minimum atomic E-state index is 0.547. The first-order chi connectivity index (χ1) is 5.86. The molecule has 1 aromatic heterocycles. The van der Waals surface area contributed by atoms with Crippen LogP contribution in [0.4, 0.5) is 5.13 Å². The van der Waals surface area contributed by atoms with Crippen LogP contribution in [0, 0.1) is 0 Å². The van der Waals surface area contributed by atoms with Crippen LogP contribution >= 0.6 is 11.3 Å². The third kappa shape index (κ3) is 2.75. The van der Waals surface area contributed by atoms with Crippen molar-refractivity contribution in [3.05, 3.63) is 5.01 Å². The maximum absolute atomic E-state index is 4.93. The number of nitrogens with zero attached hydrogens (tertiary/aromatic N) is 2. The number of hydrogen-bond acceptors (Lipinski definition) is 5. The number of nitrogens with one attached hydrogen (secondary N) is 1. The van der Waals surface area contributed by atoms with Gasteiger partial charge in [-0.15, -0.1) is 10.2 Å². The molecular formula is C7H13N3OS. The number of aromatic nitrogens is 2. The Labute approximate surface area is 76.0 Å². The number of rotatable bonds is 5. The fourth-order valence-electron chi connectivity index (χ4n) is 0.739. The number of methoxy groups -OCH3 is 1. The van der Waals surface area contributed by atoms with E-state index >= 15 is 0 Å². The van der Waals surface area contributed by atoms with Crippen LogP contribution in [0.2, 0.25) is 0 Å². The van der Waals surface area contributed by atoms with E-state index in [2.05, 4.69) is 22.4 Å². The van der Waals surface area contributed by atoms with Crippen molar-refractivity contribution in [2.75, 3.05) is 19.0 Å². The van der Waals surface area contributed by atoms with Gasteiger partial charge in [-0.2, -0.15) is 0 Å². The summed E-state index contributed by atoms with van der Waals surface area (Å²) in [5.74, 6) is 0. The summed E-state index contributed by atoms with van der Waals surface area (Å²) >= 11 is 1.54. The Hall–Kier alpha value is -0.680. The molecule has 1 rings (SSSR count). The van der Waals surface area contributed by atoms with Crippen molar-refractivity contribution in [2.24, 2.45) is 0 Å². The first-order valence-corrected chi connectivity index (χ1v) is 4.73. The highest BCUT2D eigenvalue weighted by molar-refractivity contribution is 7.15. The second kappa shape index (κ2) is 5.05. The lowest BCUT2D eigenvalue weighted by Gasteiger charge is -1.95. The van der Waals surface area contributed by atoms with Crippen molar-refractivity contribution in [3.8, 4) is 0 Å². The number of anilines is 1.